The average Bonchev–Trinajstić information content (AvgIpc) is 2.76. The zero-order valence-corrected chi connectivity index (χ0v) is 12.4. The van der Waals surface area contributed by atoms with Crippen molar-refractivity contribution in [3.05, 3.63) is 53.6 Å². The Labute approximate surface area is 125 Å². The second-order valence-corrected chi connectivity index (χ2v) is 5.45. The van der Waals surface area contributed by atoms with Crippen LogP contribution >= 0.6 is 0 Å². The lowest BCUT2D eigenvalue weighted by molar-refractivity contribution is 0.400. The molecule has 0 bridgehead atoms. The molecule has 0 fully saturated rings. The fourth-order valence-electron chi connectivity index (χ4n) is 2.91. The van der Waals surface area contributed by atoms with Gasteiger partial charge in [0.25, 0.3) is 0 Å². The molecule has 0 saturated heterocycles. The van der Waals surface area contributed by atoms with E-state index in [4.69, 9.17) is 4.74 Å². The van der Waals surface area contributed by atoms with Gasteiger partial charge in [0.05, 0.1) is 7.11 Å². The summed E-state index contributed by atoms with van der Waals surface area (Å²) in [5.41, 5.74) is 3.78. The van der Waals surface area contributed by atoms with Crippen LogP contribution in [0.2, 0.25) is 0 Å². The third-order valence-electron chi connectivity index (χ3n) is 4.14. The lowest BCUT2D eigenvalue weighted by Crippen LogP contribution is -2.29. The molecule has 2 aromatic heterocycles. The highest BCUT2D eigenvalue weighted by Gasteiger charge is 2.16. The Morgan fingerprint density at radius 3 is 3.05 bits per heavy atom. The Balaban J connectivity index is 1.60. The first-order chi connectivity index (χ1) is 10.4. The van der Waals surface area contributed by atoms with Crippen LogP contribution in [0.5, 0.6) is 5.75 Å². The van der Waals surface area contributed by atoms with Gasteiger partial charge in [0.1, 0.15) is 5.75 Å². The van der Waals surface area contributed by atoms with Crippen LogP contribution in [0, 0.1) is 0 Å². The molecule has 4 nitrogen and oxygen atoms in total. The fourth-order valence-corrected chi connectivity index (χ4v) is 2.91. The summed E-state index contributed by atoms with van der Waals surface area (Å²) in [5, 5.41) is 3.64. The van der Waals surface area contributed by atoms with Crippen molar-refractivity contribution in [2.24, 2.45) is 0 Å². The summed E-state index contributed by atoms with van der Waals surface area (Å²) < 4.78 is 5.37. The first-order valence-corrected chi connectivity index (χ1v) is 7.50. The molecule has 110 valence electrons. The first-order valence-electron chi connectivity index (χ1n) is 7.50. The van der Waals surface area contributed by atoms with Crippen LogP contribution in [0.3, 0.4) is 0 Å². The van der Waals surface area contributed by atoms with Crippen molar-refractivity contribution in [3.63, 3.8) is 0 Å². The molecule has 0 aromatic carbocycles. The zero-order valence-electron chi connectivity index (χ0n) is 12.4. The number of hydrogen-bond acceptors (Lipinski definition) is 4. The van der Waals surface area contributed by atoms with Crippen molar-refractivity contribution in [1.82, 2.24) is 15.3 Å². The smallest absolute Gasteiger partial charge is 0.126 e. The molecule has 0 saturated carbocycles. The van der Waals surface area contributed by atoms with Crippen molar-refractivity contribution in [2.45, 2.75) is 38.3 Å². The normalized spacial score (nSPS) is 17.9. The maximum atomic E-state index is 5.37. The molecule has 2 aromatic rings. The summed E-state index contributed by atoms with van der Waals surface area (Å²) in [6.07, 6.45) is 9.97. The third-order valence-corrected chi connectivity index (χ3v) is 4.14. The van der Waals surface area contributed by atoms with Gasteiger partial charge in [-0.15, -0.1) is 0 Å². The van der Waals surface area contributed by atoms with Gasteiger partial charge in [-0.1, -0.05) is 6.07 Å². The molecule has 1 unspecified atom stereocenters. The molecule has 21 heavy (non-hydrogen) atoms. The molecule has 1 N–H and O–H groups in total. The van der Waals surface area contributed by atoms with Crippen molar-refractivity contribution in [1.29, 1.82) is 0 Å². The van der Waals surface area contributed by atoms with Gasteiger partial charge in [0.15, 0.2) is 0 Å². The number of aromatic nitrogens is 2. The van der Waals surface area contributed by atoms with E-state index in [-0.39, 0.29) is 0 Å². The van der Waals surface area contributed by atoms with Crippen LogP contribution in [0.4, 0.5) is 0 Å². The molecule has 2 heterocycles. The molecule has 1 aliphatic carbocycles. The minimum atomic E-state index is 0.518. The summed E-state index contributed by atoms with van der Waals surface area (Å²) in [5.74, 6) is 0.899. The predicted octanol–water partition coefficient (Wildman–Crippen LogP) is 2.52. The van der Waals surface area contributed by atoms with E-state index in [9.17, 15) is 0 Å². The van der Waals surface area contributed by atoms with E-state index in [2.05, 4.69) is 21.4 Å². The largest absolute Gasteiger partial charge is 0.496 e. The summed E-state index contributed by atoms with van der Waals surface area (Å²) in [6, 6.07) is 6.66. The first kappa shape index (κ1) is 14.0. The molecule has 0 spiro atoms. The number of methoxy groups -OCH3 is 1. The highest BCUT2D eigenvalue weighted by molar-refractivity contribution is 5.30. The van der Waals surface area contributed by atoms with Gasteiger partial charge < -0.3 is 10.1 Å². The Morgan fingerprint density at radius 2 is 2.14 bits per heavy atom. The molecule has 3 rings (SSSR count). The molecule has 0 amide bonds. The van der Waals surface area contributed by atoms with Crippen LogP contribution in [0.25, 0.3) is 0 Å². The van der Waals surface area contributed by atoms with Crippen LogP contribution in [-0.4, -0.2) is 23.1 Å². The molecular weight excluding hydrogens is 262 g/mol. The van der Waals surface area contributed by atoms with Crippen LogP contribution in [-0.2, 0) is 19.4 Å². The quantitative estimate of drug-likeness (QED) is 0.876. The van der Waals surface area contributed by atoms with Crippen LogP contribution in [0.1, 0.15) is 29.7 Å². The predicted molar refractivity (Wildman–Crippen MR) is 82.3 cm³/mol. The summed E-state index contributed by atoms with van der Waals surface area (Å²) in [7, 11) is 1.70. The molecular formula is C17H21N3O. The molecule has 4 heteroatoms. The van der Waals surface area contributed by atoms with Gasteiger partial charge in [-0.2, -0.15) is 0 Å². The van der Waals surface area contributed by atoms with Gasteiger partial charge >= 0.3 is 0 Å². The highest BCUT2D eigenvalue weighted by Crippen LogP contribution is 2.20. The molecule has 1 aliphatic rings. The topological polar surface area (TPSA) is 47.0 Å². The Morgan fingerprint density at radius 1 is 1.24 bits per heavy atom. The Hall–Kier alpha value is -1.94. The standard InChI is InChI=1S/C17H21N3O/c1-21-17-8-10-18-11-14(17)12-20-15-5-4-13-3-2-9-19-16(13)7-6-15/h2-3,8-11,15,20H,4-7,12H2,1H3. The van der Waals surface area contributed by atoms with Gasteiger partial charge in [-0.05, 0) is 43.4 Å². The van der Waals surface area contributed by atoms with Crippen molar-refractivity contribution < 1.29 is 4.74 Å². The second-order valence-electron chi connectivity index (χ2n) is 5.45. The second kappa shape index (κ2) is 6.68. The zero-order chi connectivity index (χ0) is 14.5. The molecule has 1 atom stereocenters. The number of ether oxygens (including phenoxy) is 1. The van der Waals surface area contributed by atoms with E-state index in [0.29, 0.717) is 6.04 Å². The van der Waals surface area contributed by atoms with E-state index in [1.807, 2.05) is 24.5 Å². The summed E-state index contributed by atoms with van der Waals surface area (Å²) in [6.45, 7) is 0.797. The summed E-state index contributed by atoms with van der Waals surface area (Å²) in [4.78, 5) is 8.68. The van der Waals surface area contributed by atoms with Crippen molar-refractivity contribution in [3.8, 4) is 5.75 Å². The maximum Gasteiger partial charge on any atom is 0.126 e. The monoisotopic (exact) mass is 283 g/mol. The van der Waals surface area contributed by atoms with Crippen LogP contribution in [0.15, 0.2) is 36.8 Å². The van der Waals surface area contributed by atoms with E-state index in [0.717, 1.165) is 43.5 Å². The Kier molecular flexibility index (Phi) is 4.46. The number of pyridine rings is 2. The Bertz CT molecular complexity index is 573. The lowest BCUT2D eigenvalue weighted by Gasteiger charge is -2.17. The minimum absolute atomic E-state index is 0.518. The van der Waals surface area contributed by atoms with Gasteiger partial charge in [0.2, 0.25) is 0 Å². The average molecular weight is 283 g/mol. The molecule has 0 aliphatic heterocycles. The summed E-state index contributed by atoms with van der Waals surface area (Å²) >= 11 is 0. The van der Waals surface area contributed by atoms with Crippen molar-refractivity contribution >= 4 is 0 Å². The minimum Gasteiger partial charge on any atom is -0.496 e. The van der Waals surface area contributed by atoms with Crippen molar-refractivity contribution in [2.75, 3.05) is 7.11 Å². The van der Waals surface area contributed by atoms with Gasteiger partial charge in [-0.3, -0.25) is 9.97 Å². The van der Waals surface area contributed by atoms with E-state index >= 15 is 0 Å². The van der Waals surface area contributed by atoms with E-state index in [1.165, 1.54) is 11.3 Å². The third kappa shape index (κ3) is 3.39. The fraction of sp³-hybridized carbons (Fsp3) is 0.412. The number of aryl methyl sites for hydroxylation is 2. The van der Waals surface area contributed by atoms with Gasteiger partial charge in [-0.25, -0.2) is 0 Å². The lowest BCUT2D eigenvalue weighted by atomic mass is 10.1. The molecule has 0 radical (unpaired) electrons. The van der Waals surface area contributed by atoms with E-state index in [1.54, 1.807) is 13.3 Å². The van der Waals surface area contributed by atoms with Gasteiger partial charge in [0, 0.05) is 42.4 Å². The number of fused-ring (bicyclic) bond motifs is 1. The number of hydrogen-bond donors (Lipinski definition) is 1. The SMILES string of the molecule is COc1ccncc1CNC1CCc2cccnc2CC1. The highest BCUT2D eigenvalue weighted by atomic mass is 16.5. The number of nitrogens with one attached hydrogen (secondary N) is 1. The number of rotatable bonds is 4. The maximum absolute atomic E-state index is 5.37. The van der Waals surface area contributed by atoms with E-state index < -0.39 is 0 Å². The number of nitrogens with zero attached hydrogens (tertiary/aromatic N) is 2. The van der Waals surface area contributed by atoms with Crippen LogP contribution < -0.4 is 10.1 Å².